The van der Waals surface area contributed by atoms with Crippen molar-refractivity contribution in [1.82, 2.24) is 14.9 Å². The van der Waals surface area contributed by atoms with Crippen LogP contribution in [0.3, 0.4) is 0 Å². The summed E-state index contributed by atoms with van der Waals surface area (Å²) in [7, 11) is 0. The summed E-state index contributed by atoms with van der Waals surface area (Å²) in [5, 5.41) is 25.2. The number of pyridine rings is 1. The summed E-state index contributed by atoms with van der Waals surface area (Å²) in [5.74, 6) is 0.610. The van der Waals surface area contributed by atoms with Crippen molar-refractivity contribution >= 4 is 34.2 Å². The highest BCUT2D eigenvalue weighted by atomic mass is 15.2. The van der Waals surface area contributed by atoms with E-state index in [-0.39, 0.29) is 23.0 Å². The van der Waals surface area contributed by atoms with Crippen molar-refractivity contribution in [1.29, 1.82) is 10.5 Å². The van der Waals surface area contributed by atoms with Gasteiger partial charge in [0.25, 0.3) is 0 Å². The van der Waals surface area contributed by atoms with Crippen LogP contribution in [0, 0.1) is 29.7 Å². The SMILES string of the molecule is Cc1ccc(Cn2ccc3ccc(C4N=C(NC#N)Nc5nc(N)c(C#N)c(N)c54)cc32)cc1. The number of nitrogen functional groups attached to an aromatic ring is 2. The predicted molar refractivity (Wildman–Crippen MR) is 132 cm³/mol. The van der Waals surface area contributed by atoms with Gasteiger partial charge in [0.1, 0.15) is 29.3 Å². The van der Waals surface area contributed by atoms with E-state index in [1.165, 1.54) is 11.1 Å². The molecule has 3 heterocycles. The quantitative estimate of drug-likeness (QED) is 0.277. The summed E-state index contributed by atoms with van der Waals surface area (Å²) in [6.07, 6.45) is 3.92. The molecule has 0 saturated carbocycles. The van der Waals surface area contributed by atoms with Gasteiger partial charge in [-0.2, -0.15) is 10.5 Å². The van der Waals surface area contributed by atoms with Gasteiger partial charge in [0.05, 0.1) is 5.69 Å². The Balaban J connectivity index is 1.63. The fourth-order valence-electron chi connectivity index (χ4n) is 4.22. The van der Waals surface area contributed by atoms with Crippen molar-refractivity contribution in [3.63, 3.8) is 0 Å². The maximum Gasteiger partial charge on any atom is 0.211 e. The summed E-state index contributed by atoms with van der Waals surface area (Å²) >= 11 is 0. The van der Waals surface area contributed by atoms with Gasteiger partial charge in [-0.15, -0.1) is 0 Å². The third kappa shape index (κ3) is 3.51. The highest BCUT2D eigenvalue weighted by Crippen LogP contribution is 2.41. The Morgan fingerprint density at radius 2 is 1.91 bits per heavy atom. The lowest BCUT2D eigenvalue weighted by atomic mass is 9.94. The number of aliphatic imine (C=N–C) groups is 1. The molecule has 1 unspecified atom stereocenters. The highest BCUT2D eigenvalue weighted by molar-refractivity contribution is 5.98. The minimum atomic E-state index is -0.584. The van der Waals surface area contributed by atoms with Crippen molar-refractivity contribution in [2.45, 2.75) is 19.5 Å². The van der Waals surface area contributed by atoms with Crippen LogP contribution in [0.1, 0.15) is 33.9 Å². The smallest absolute Gasteiger partial charge is 0.211 e. The van der Waals surface area contributed by atoms with Crippen LogP contribution in [0.25, 0.3) is 10.9 Å². The van der Waals surface area contributed by atoms with Gasteiger partial charge in [-0.25, -0.2) is 9.98 Å². The standard InChI is InChI=1S/C25H21N9/c1-14-2-4-15(5-3-14)12-34-9-8-16-6-7-17(10-19(16)34)22-20-21(28)18(11-26)23(29)32-24(20)33-25(31-22)30-13-27/h2-10,22H,12H2,1H3,(H6,28,29,30,31,32,33). The number of nitrogens with one attached hydrogen (secondary N) is 2. The number of hydrogen-bond acceptors (Lipinski definition) is 8. The van der Waals surface area contributed by atoms with Crippen LogP contribution in [0.4, 0.5) is 17.3 Å². The molecule has 2 aromatic heterocycles. The van der Waals surface area contributed by atoms with Gasteiger partial charge in [-0.05, 0) is 35.6 Å². The number of hydrogen-bond donors (Lipinski definition) is 4. The molecule has 9 nitrogen and oxygen atoms in total. The van der Waals surface area contributed by atoms with E-state index < -0.39 is 6.04 Å². The van der Waals surface area contributed by atoms with E-state index in [4.69, 9.17) is 16.7 Å². The number of guanidine groups is 1. The molecule has 0 radical (unpaired) electrons. The molecule has 0 bridgehead atoms. The Hall–Kier alpha value is -5.02. The second kappa shape index (κ2) is 8.15. The monoisotopic (exact) mass is 447 g/mol. The van der Waals surface area contributed by atoms with Gasteiger partial charge in [0.15, 0.2) is 6.19 Å². The lowest BCUT2D eigenvalue weighted by Crippen LogP contribution is -2.32. The van der Waals surface area contributed by atoms with Gasteiger partial charge in [0, 0.05) is 23.8 Å². The molecule has 0 aliphatic carbocycles. The summed E-state index contributed by atoms with van der Waals surface area (Å²) in [6.45, 7) is 2.79. The number of nitrogens with zero attached hydrogens (tertiary/aromatic N) is 5. The molecule has 166 valence electrons. The Labute approximate surface area is 196 Å². The van der Waals surface area contributed by atoms with E-state index in [0.29, 0.717) is 11.4 Å². The van der Waals surface area contributed by atoms with E-state index in [0.717, 1.165) is 23.0 Å². The molecular formula is C25H21N9. The third-order valence-electron chi connectivity index (χ3n) is 5.94. The van der Waals surface area contributed by atoms with Gasteiger partial charge in [0.2, 0.25) is 5.96 Å². The number of nitrogens with two attached hydrogens (primary N) is 2. The Morgan fingerprint density at radius 3 is 2.65 bits per heavy atom. The van der Waals surface area contributed by atoms with Crippen LogP contribution in [-0.2, 0) is 6.54 Å². The predicted octanol–water partition coefficient (Wildman–Crippen LogP) is 3.37. The average Bonchev–Trinajstić information content (AvgIpc) is 3.22. The molecule has 2 aromatic carbocycles. The lowest BCUT2D eigenvalue weighted by Gasteiger charge is -2.26. The molecule has 9 heteroatoms. The van der Waals surface area contributed by atoms with E-state index in [1.54, 1.807) is 0 Å². The molecule has 0 fully saturated rings. The maximum absolute atomic E-state index is 9.54. The van der Waals surface area contributed by atoms with Crippen LogP contribution in [-0.4, -0.2) is 15.5 Å². The fourth-order valence-corrected chi connectivity index (χ4v) is 4.22. The number of aryl methyl sites for hydroxylation is 1. The number of rotatable bonds is 3. The summed E-state index contributed by atoms with van der Waals surface area (Å²) < 4.78 is 2.18. The minimum absolute atomic E-state index is 0.0191. The van der Waals surface area contributed by atoms with Gasteiger partial charge in [-0.1, -0.05) is 42.0 Å². The summed E-state index contributed by atoms with van der Waals surface area (Å²) in [6, 6.07) is 18.0. The first-order valence-electron chi connectivity index (χ1n) is 10.6. The first-order valence-corrected chi connectivity index (χ1v) is 10.6. The first-order chi connectivity index (χ1) is 16.5. The number of anilines is 3. The molecule has 34 heavy (non-hydrogen) atoms. The molecule has 0 amide bonds. The van der Waals surface area contributed by atoms with Crippen molar-refractivity contribution in [3.05, 3.63) is 82.5 Å². The summed E-state index contributed by atoms with van der Waals surface area (Å²) in [4.78, 5) is 8.97. The van der Waals surface area contributed by atoms with E-state index in [2.05, 4.69) is 74.7 Å². The molecule has 1 atom stereocenters. The van der Waals surface area contributed by atoms with Crippen LogP contribution in [0.15, 0.2) is 59.7 Å². The molecule has 1 aliphatic heterocycles. The van der Waals surface area contributed by atoms with Gasteiger partial charge in [-0.3, -0.25) is 5.32 Å². The van der Waals surface area contributed by atoms with Crippen LogP contribution in [0.2, 0.25) is 0 Å². The molecule has 0 saturated heterocycles. The van der Waals surface area contributed by atoms with Crippen LogP contribution >= 0.6 is 0 Å². The minimum Gasteiger partial charge on any atom is -0.397 e. The molecule has 0 spiro atoms. The zero-order valence-electron chi connectivity index (χ0n) is 18.4. The number of nitriles is 2. The van der Waals surface area contributed by atoms with Crippen molar-refractivity contribution in [3.8, 4) is 12.3 Å². The lowest BCUT2D eigenvalue weighted by molar-refractivity contribution is 0.826. The van der Waals surface area contributed by atoms with Gasteiger partial charge >= 0.3 is 0 Å². The van der Waals surface area contributed by atoms with Crippen LogP contribution < -0.4 is 22.1 Å². The molecule has 6 N–H and O–H groups in total. The third-order valence-corrected chi connectivity index (χ3v) is 5.94. The van der Waals surface area contributed by atoms with Crippen molar-refractivity contribution < 1.29 is 0 Å². The largest absolute Gasteiger partial charge is 0.397 e. The van der Waals surface area contributed by atoms with E-state index >= 15 is 0 Å². The highest BCUT2D eigenvalue weighted by Gasteiger charge is 2.29. The second-order valence-electron chi connectivity index (χ2n) is 8.15. The Kier molecular flexibility index (Phi) is 5.00. The van der Waals surface area contributed by atoms with Crippen molar-refractivity contribution in [2.75, 3.05) is 16.8 Å². The zero-order valence-corrected chi connectivity index (χ0v) is 18.4. The van der Waals surface area contributed by atoms with E-state index in [1.807, 2.05) is 24.4 Å². The van der Waals surface area contributed by atoms with Crippen molar-refractivity contribution in [2.24, 2.45) is 4.99 Å². The number of benzene rings is 2. The Bertz CT molecular complexity index is 1530. The van der Waals surface area contributed by atoms with Crippen LogP contribution in [0.5, 0.6) is 0 Å². The molecular weight excluding hydrogens is 426 g/mol. The van der Waals surface area contributed by atoms with E-state index in [9.17, 15) is 5.26 Å². The zero-order chi connectivity index (χ0) is 23.8. The normalized spacial score (nSPS) is 14.4. The summed E-state index contributed by atoms with van der Waals surface area (Å²) in [5.41, 5.74) is 17.5. The molecule has 4 aromatic rings. The molecule has 5 rings (SSSR count). The number of aromatic nitrogens is 2. The average molecular weight is 448 g/mol. The number of fused-ring (bicyclic) bond motifs is 2. The maximum atomic E-state index is 9.54. The second-order valence-corrected chi connectivity index (χ2v) is 8.15. The van der Waals surface area contributed by atoms with Gasteiger partial charge < -0.3 is 21.4 Å². The fraction of sp³-hybridized carbons (Fsp3) is 0.120. The topological polar surface area (TPSA) is 154 Å². The Morgan fingerprint density at radius 1 is 1.12 bits per heavy atom. The molecule has 1 aliphatic rings. The first kappa shape index (κ1) is 20.9.